The summed E-state index contributed by atoms with van der Waals surface area (Å²) in [6.07, 6.45) is 0. The highest BCUT2D eigenvalue weighted by Crippen LogP contribution is 2.48. The van der Waals surface area contributed by atoms with E-state index in [2.05, 4.69) is 149 Å². The molecule has 4 heteroatoms. The molecular formula is C36H23BN2S. The van der Waals surface area contributed by atoms with Crippen molar-refractivity contribution >= 4 is 88.7 Å². The Morgan fingerprint density at radius 2 is 1.07 bits per heavy atom. The van der Waals surface area contributed by atoms with Gasteiger partial charge >= 0.3 is 0 Å². The summed E-state index contributed by atoms with van der Waals surface area (Å²) < 4.78 is 2.68. The molecular weight excluding hydrogens is 503 g/mol. The zero-order chi connectivity index (χ0) is 26.2. The van der Waals surface area contributed by atoms with E-state index < -0.39 is 0 Å². The molecule has 1 aromatic heterocycles. The molecule has 0 unspecified atom stereocenters. The van der Waals surface area contributed by atoms with E-state index >= 15 is 0 Å². The topological polar surface area (TPSA) is 6.48 Å². The highest BCUT2D eigenvalue weighted by atomic mass is 32.1. The zero-order valence-corrected chi connectivity index (χ0v) is 22.5. The van der Waals surface area contributed by atoms with Crippen LogP contribution in [0.5, 0.6) is 0 Å². The average molecular weight is 526 g/mol. The summed E-state index contributed by atoms with van der Waals surface area (Å²) in [5, 5.41) is 2.66. The summed E-state index contributed by atoms with van der Waals surface area (Å²) in [5.41, 5.74) is 11.5. The van der Waals surface area contributed by atoms with Crippen molar-refractivity contribution in [2.75, 3.05) is 9.80 Å². The fourth-order valence-corrected chi connectivity index (χ4v) is 8.09. The van der Waals surface area contributed by atoms with Gasteiger partial charge in [0, 0.05) is 43.9 Å². The van der Waals surface area contributed by atoms with Crippen molar-refractivity contribution < 1.29 is 0 Å². The minimum atomic E-state index is 0.145. The van der Waals surface area contributed by atoms with Crippen LogP contribution in [-0.4, -0.2) is 6.71 Å². The Labute approximate surface area is 237 Å². The van der Waals surface area contributed by atoms with Gasteiger partial charge in [0.25, 0.3) is 6.71 Å². The van der Waals surface area contributed by atoms with Gasteiger partial charge in [-0.2, -0.15) is 0 Å². The normalized spacial score (nSPS) is 13.3. The van der Waals surface area contributed by atoms with Crippen LogP contribution in [0.15, 0.2) is 140 Å². The number of thiophene rings is 1. The van der Waals surface area contributed by atoms with E-state index in [0.29, 0.717) is 0 Å². The average Bonchev–Trinajstić information content (AvgIpc) is 3.41. The molecule has 2 nitrogen and oxygen atoms in total. The van der Waals surface area contributed by atoms with E-state index in [9.17, 15) is 0 Å². The van der Waals surface area contributed by atoms with Crippen LogP contribution < -0.4 is 26.2 Å². The van der Waals surface area contributed by atoms with Gasteiger partial charge in [-0.05, 0) is 64.9 Å². The molecule has 0 fully saturated rings. The first-order chi connectivity index (χ1) is 19.9. The maximum absolute atomic E-state index is 2.51. The molecule has 0 atom stereocenters. The number of nitrogens with zero attached hydrogens (tertiary/aromatic N) is 2. The van der Waals surface area contributed by atoms with Gasteiger partial charge in [-0.25, -0.2) is 0 Å². The molecule has 2 aliphatic heterocycles. The van der Waals surface area contributed by atoms with E-state index in [0.717, 1.165) is 0 Å². The first-order valence-corrected chi connectivity index (χ1v) is 14.6. The first kappa shape index (κ1) is 22.1. The third-order valence-corrected chi connectivity index (χ3v) is 9.63. The molecule has 0 radical (unpaired) electrons. The number of fused-ring (bicyclic) bond motifs is 8. The number of hydrogen-bond acceptors (Lipinski definition) is 3. The second-order valence-corrected chi connectivity index (χ2v) is 11.6. The SMILES string of the molecule is c1ccc(N2c3ccccc3B3c4ccc5c(sc6ccccc65)c4N(c4ccccc4)c4cccc2c43)cc1. The van der Waals surface area contributed by atoms with Gasteiger partial charge in [0.1, 0.15) is 0 Å². The van der Waals surface area contributed by atoms with Crippen LogP contribution in [0.25, 0.3) is 20.2 Å². The van der Waals surface area contributed by atoms with Gasteiger partial charge in [0.05, 0.1) is 10.4 Å². The molecule has 2 aliphatic rings. The lowest BCUT2D eigenvalue weighted by Crippen LogP contribution is -2.61. The van der Waals surface area contributed by atoms with Crippen molar-refractivity contribution in [2.45, 2.75) is 0 Å². The van der Waals surface area contributed by atoms with Gasteiger partial charge in [-0.3, -0.25) is 0 Å². The zero-order valence-electron chi connectivity index (χ0n) is 21.7. The van der Waals surface area contributed by atoms with Crippen LogP contribution in [0.1, 0.15) is 0 Å². The molecule has 9 rings (SSSR count). The second-order valence-electron chi connectivity index (χ2n) is 10.5. The molecule has 186 valence electrons. The largest absolute Gasteiger partial charge is 0.311 e. The lowest BCUT2D eigenvalue weighted by molar-refractivity contribution is 1.26. The molecule has 6 aromatic carbocycles. The van der Waals surface area contributed by atoms with Crippen LogP contribution >= 0.6 is 11.3 Å². The second kappa shape index (κ2) is 8.35. The van der Waals surface area contributed by atoms with Crippen molar-refractivity contribution in [3.05, 3.63) is 140 Å². The van der Waals surface area contributed by atoms with E-state index in [-0.39, 0.29) is 6.71 Å². The van der Waals surface area contributed by atoms with Crippen LogP contribution in [0, 0.1) is 0 Å². The van der Waals surface area contributed by atoms with Crippen molar-refractivity contribution in [3.63, 3.8) is 0 Å². The van der Waals surface area contributed by atoms with E-state index in [1.54, 1.807) is 0 Å². The lowest BCUT2D eigenvalue weighted by atomic mass is 9.33. The predicted molar refractivity (Wildman–Crippen MR) is 173 cm³/mol. The Bertz CT molecular complexity index is 2080. The minimum Gasteiger partial charge on any atom is -0.311 e. The highest BCUT2D eigenvalue weighted by molar-refractivity contribution is 7.26. The van der Waals surface area contributed by atoms with Gasteiger partial charge in [-0.15, -0.1) is 11.3 Å². The van der Waals surface area contributed by atoms with E-state index in [1.165, 1.54) is 70.7 Å². The minimum absolute atomic E-state index is 0.145. The van der Waals surface area contributed by atoms with Gasteiger partial charge in [-0.1, -0.05) is 91.0 Å². The van der Waals surface area contributed by atoms with Crippen molar-refractivity contribution in [1.29, 1.82) is 0 Å². The molecule has 3 heterocycles. The molecule has 0 amide bonds. The number of anilines is 6. The smallest absolute Gasteiger partial charge is 0.252 e. The van der Waals surface area contributed by atoms with Gasteiger partial charge < -0.3 is 9.80 Å². The Kier molecular flexibility index (Phi) is 4.61. The summed E-state index contributed by atoms with van der Waals surface area (Å²) in [6.45, 7) is 0.145. The number of hydrogen-bond donors (Lipinski definition) is 0. The van der Waals surface area contributed by atoms with Crippen LogP contribution in [0.2, 0.25) is 0 Å². The Balaban J connectivity index is 1.43. The monoisotopic (exact) mass is 526 g/mol. The van der Waals surface area contributed by atoms with Gasteiger partial charge in [0.15, 0.2) is 0 Å². The summed E-state index contributed by atoms with van der Waals surface area (Å²) in [5.74, 6) is 0. The quantitative estimate of drug-likeness (QED) is 0.210. The lowest BCUT2D eigenvalue weighted by Gasteiger charge is -2.44. The number of benzene rings is 6. The van der Waals surface area contributed by atoms with Crippen LogP contribution in [0.3, 0.4) is 0 Å². The molecule has 0 saturated carbocycles. The van der Waals surface area contributed by atoms with E-state index in [4.69, 9.17) is 0 Å². The maximum Gasteiger partial charge on any atom is 0.252 e. The summed E-state index contributed by atoms with van der Waals surface area (Å²) in [4.78, 5) is 4.95. The molecule has 40 heavy (non-hydrogen) atoms. The molecule has 0 saturated heterocycles. The van der Waals surface area contributed by atoms with Gasteiger partial charge in [0.2, 0.25) is 0 Å². The van der Waals surface area contributed by atoms with E-state index in [1.807, 2.05) is 11.3 Å². The predicted octanol–water partition coefficient (Wildman–Crippen LogP) is 8.14. The van der Waals surface area contributed by atoms with Crippen LogP contribution in [0.4, 0.5) is 34.1 Å². The summed E-state index contributed by atoms with van der Waals surface area (Å²) in [7, 11) is 0. The molecule has 0 spiro atoms. The van der Waals surface area contributed by atoms with Crippen molar-refractivity contribution in [2.24, 2.45) is 0 Å². The summed E-state index contributed by atoms with van der Waals surface area (Å²) >= 11 is 1.91. The van der Waals surface area contributed by atoms with Crippen molar-refractivity contribution in [3.8, 4) is 0 Å². The molecule has 0 bridgehead atoms. The highest BCUT2D eigenvalue weighted by Gasteiger charge is 2.43. The van der Waals surface area contributed by atoms with Crippen LogP contribution in [-0.2, 0) is 0 Å². The Morgan fingerprint density at radius 3 is 1.88 bits per heavy atom. The molecule has 0 N–H and O–H groups in total. The third kappa shape index (κ3) is 2.94. The number of rotatable bonds is 2. The summed E-state index contributed by atoms with van der Waals surface area (Å²) in [6, 6.07) is 51.0. The first-order valence-electron chi connectivity index (χ1n) is 13.7. The maximum atomic E-state index is 2.51. The Hall–Kier alpha value is -4.80. The fraction of sp³-hybridized carbons (Fsp3) is 0. The third-order valence-electron chi connectivity index (χ3n) is 8.43. The number of para-hydroxylation sites is 3. The Morgan fingerprint density at radius 1 is 0.450 bits per heavy atom. The fourth-order valence-electron chi connectivity index (χ4n) is 6.84. The molecule has 0 aliphatic carbocycles. The van der Waals surface area contributed by atoms with Crippen molar-refractivity contribution in [1.82, 2.24) is 0 Å². The molecule has 7 aromatic rings. The standard InChI is InChI=1S/C36H23BN2S/c1-3-12-24(13-4-1)38-30-18-9-8-17-28(30)37-29-23-22-27-26-16-7-10-21-33(26)40-36(27)35(29)39(25-14-5-2-6-15-25)32-20-11-19-31(38)34(32)37/h1-23H.